The molecule has 0 unspecified atom stereocenters. The van der Waals surface area contributed by atoms with E-state index in [1.165, 1.54) is 30.0 Å². The van der Waals surface area contributed by atoms with Crippen LogP contribution in [0.1, 0.15) is 41.7 Å². The first-order valence-electron chi connectivity index (χ1n) is 8.45. The van der Waals surface area contributed by atoms with Crippen LogP contribution in [-0.4, -0.2) is 45.7 Å². The lowest BCUT2D eigenvalue weighted by Gasteiger charge is -2.13. The standard InChI is InChI=1S/C20H13N3O6/c1-28-19(26)15-11-16(22(21-15)12-7-3-2-4-8-12)20(27)29-23-17(24)13-9-5-6-10-14(13)18(23)25/h2-11H,1H3. The van der Waals surface area contributed by atoms with Gasteiger partial charge in [0.2, 0.25) is 0 Å². The van der Waals surface area contributed by atoms with Crippen molar-refractivity contribution in [2.24, 2.45) is 0 Å². The highest BCUT2D eigenvalue weighted by molar-refractivity contribution is 6.21. The van der Waals surface area contributed by atoms with Crippen LogP contribution in [0.25, 0.3) is 5.69 Å². The third kappa shape index (κ3) is 3.04. The summed E-state index contributed by atoms with van der Waals surface area (Å²) in [5, 5.41) is 4.47. The van der Waals surface area contributed by atoms with Gasteiger partial charge in [-0.15, -0.1) is 0 Å². The molecule has 0 saturated carbocycles. The van der Waals surface area contributed by atoms with Crippen LogP contribution in [0.3, 0.4) is 0 Å². The fourth-order valence-corrected chi connectivity index (χ4v) is 2.88. The van der Waals surface area contributed by atoms with E-state index in [1.54, 1.807) is 42.5 Å². The summed E-state index contributed by atoms with van der Waals surface area (Å²) in [7, 11) is 1.18. The molecule has 2 amide bonds. The molecule has 0 bridgehead atoms. The quantitative estimate of drug-likeness (QED) is 0.495. The van der Waals surface area contributed by atoms with Crippen LogP contribution in [0, 0.1) is 0 Å². The Balaban J connectivity index is 1.69. The van der Waals surface area contributed by atoms with Crippen molar-refractivity contribution in [2.75, 3.05) is 7.11 Å². The van der Waals surface area contributed by atoms with Gasteiger partial charge in [-0.05, 0) is 24.3 Å². The van der Waals surface area contributed by atoms with E-state index in [-0.39, 0.29) is 22.5 Å². The van der Waals surface area contributed by atoms with E-state index in [0.717, 1.165) is 0 Å². The van der Waals surface area contributed by atoms with Crippen LogP contribution in [-0.2, 0) is 9.57 Å². The molecule has 0 spiro atoms. The van der Waals surface area contributed by atoms with Crippen LogP contribution < -0.4 is 0 Å². The van der Waals surface area contributed by atoms with Gasteiger partial charge in [-0.25, -0.2) is 14.3 Å². The summed E-state index contributed by atoms with van der Waals surface area (Å²) >= 11 is 0. The van der Waals surface area contributed by atoms with Crippen molar-refractivity contribution in [1.29, 1.82) is 0 Å². The molecular formula is C20H13N3O6. The molecule has 2 heterocycles. The van der Waals surface area contributed by atoms with Crippen molar-refractivity contribution in [3.05, 3.63) is 83.2 Å². The number of nitrogens with zero attached hydrogens (tertiary/aromatic N) is 3. The summed E-state index contributed by atoms with van der Waals surface area (Å²) in [5.41, 5.74) is 0.449. The van der Waals surface area contributed by atoms with E-state index in [0.29, 0.717) is 10.8 Å². The number of hydrogen-bond acceptors (Lipinski definition) is 7. The molecule has 9 nitrogen and oxygen atoms in total. The molecule has 29 heavy (non-hydrogen) atoms. The van der Waals surface area contributed by atoms with Gasteiger partial charge in [0.05, 0.1) is 23.9 Å². The number of carbonyl (C=O) groups excluding carboxylic acids is 4. The summed E-state index contributed by atoms with van der Waals surface area (Å²) in [6.07, 6.45) is 0. The first-order chi connectivity index (χ1) is 14.0. The third-order valence-electron chi connectivity index (χ3n) is 4.24. The molecule has 4 rings (SSSR count). The fraction of sp³-hybridized carbons (Fsp3) is 0.0500. The number of carbonyl (C=O) groups is 4. The van der Waals surface area contributed by atoms with Crippen molar-refractivity contribution < 1.29 is 28.8 Å². The maximum Gasteiger partial charge on any atom is 0.382 e. The first kappa shape index (κ1) is 18.1. The van der Waals surface area contributed by atoms with Crippen molar-refractivity contribution in [3.63, 3.8) is 0 Å². The molecule has 1 aliphatic rings. The number of fused-ring (bicyclic) bond motifs is 1. The van der Waals surface area contributed by atoms with E-state index in [2.05, 4.69) is 9.84 Å². The van der Waals surface area contributed by atoms with E-state index in [4.69, 9.17) is 4.84 Å². The van der Waals surface area contributed by atoms with Crippen LogP contribution in [0.15, 0.2) is 60.7 Å². The molecule has 0 N–H and O–H groups in total. The lowest BCUT2D eigenvalue weighted by atomic mass is 10.1. The monoisotopic (exact) mass is 391 g/mol. The van der Waals surface area contributed by atoms with Crippen LogP contribution in [0.4, 0.5) is 0 Å². The second kappa shape index (κ2) is 7.04. The molecule has 144 valence electrons. The Kier molecular flexibility index (Phi) is 4.40. The highest BCUT2D eigenvalue weighted by atomic mass is 16.7. The van der Waals surface area contributed by atoms with Crippen LogP contribution in [0.5, 0.6) is 0 Å². The smallest absolute Gasteiger partial charge is 0.382 e. The Morgan fingerprint density at radius 3 is 2.03 bits per heavy atom. The average Bonchev–Trinajstić information content (AvgIpc) is 3.30. The summed E-state index contributed by atoms with van der Waals surface area (Å²) in [6.45, 7) is 0. The number of methoxy groups -OCH3 is 1. The highest BCUT2D eigenvalue weighted by Crippen LogP contribution is 2.24. The van der Waals surface area contributed by atoms with Crippen molar-refractivity contribution in [3.8, 4) is 5.69 Å². The minimum atomic E-state index is -1.04. The van der Waals surface area contributed by atoms with Gasteiger partial charge in [0.25, 0.3) is 11.8 Å². The zero-order chi connectivity index (χ0) is 20.5. The summed E-state index contributed by atoms with van der Waals surface area (Å²) in [6, 6.07) is 15.8. The molecule has 0 fully saturated rings. The van der Waals surface area contributed by atoms with Gasteiger partial charge >= 0.3 is 11.9 Å². The minimum absolute atomic E-state index is 0.134. The van der Waals surface area contributed by atoms with Crippen molar-refractivity contribution >= 4 is 23.8 Å². The largest absolute Gasteiger partial charge is 0.464 e. The maximum atomic E-state index is 12.8. The predicted octanol–water partition coefficient (Wildman–Crippen LogP) is 2.03. The molecule has 0 aliphatic carbocycles. The van der Waals surface area contributed by atoms with Gasteiger partial charge in [-0.3, -0.25) is 9.59 Å². The highest BCUT2D eigenvalue weighted by Gasteiger charge is 2.39. The number of ether oxygens (including phenoxy) is 1. The first-order valence-corrected chi connectivity index (χ1v) is 8.45. The second-order valence-electron chi connectivity index (χ2n) is 5.98. The van der Waals surface area contributed by atoms with Gasteiger partial charge in [0.1, 0.15) is 0 Å². The topological polar surface area (TPSA) is 108 Å². The molecule has 0 radical (unpaired) electrons. The molecule has 3 aromatic rings. The second-order valence-corrected chi connectivity index (χ2v) is 5.98. The molecule has 1 aliphatic heterocycles. The Morgan fingerprint density at radius 2 is 1.45 bits per heavy atom. The maximum absolute atomic E-state index is 12.8. The number of benzene rings is 2. The molecule has 1 aromatic heterocycles. The number of esters is 1. The van der Waals surface area contributed by atoms with Gasteiger partial charge in [-0.1, -0.05) is 35.4 Å². The summed E-state index contributed by atoms with van der Waals surface area (Å²) in [5.74, 6) is -3.30. The Labute approximate surface area is 164 Å². The normalized spacial score (nSPS) is 12.7. The van der Waals surface area contributed by atoms with Crippen molar-refractivity contribution in [1.82, 2.24) is 14.8 Å². The number of amides is 2. The van der Waals surface area contributed by atoms with Crippen LogP contribution >= 0.6 is 0 Å². The lowest BCUT2D eigenvalue weighted by Crippen LogP contribution is -2.33. The van der Waals surface area contributed by atoms with Gasteiger partial charge < -0.3 is 9.57 Å². The molecular weight excluding hydrogens is 378 g/mol. The van der Waals surface area contributed by atoms with E-state index in [9.17, 15) is 19.2 Å². The van der Waals surface area contributed by atoms with Gasteiger partial charge in [0, 0.05) is 6.07 Å². The van der Waals surface area contributed by atoms with Crippen LogP contribution in [0.2, 0.25) is 0 Å². The lowest BCUT2D eigenvalue weighted by molar-refractivity contribution is -0.0590. The number of hydrogen-bond donors (Lipinski definition) is 0. The fourth-order valence-electron chi connectivity index (χ4n) is 2.88. The zero-order valence-corrected chi connectivity index (χ0v) is 15.1. The number of para-hydroxylation sites is 1. The Hall–Kier alpha value is -4.27. The molecule has 0 atom stereocenters. The number of imide groups is 1. The molecule has 9 heteroatoms. The predicted molar refractivity (Wildman–Crippen MR) is 97.3 cm³/mol. The zero-order valence-electron chi connectivity index (χ0n) is 15.1. The van der Waals surface area contributed by atoms with E-state index < -0.39 is 23.8 Å². The summed E-state index contributed by atoms with van der Waals surface area (Å²) < 4.78 is 5.82. The van der Waals surface area contributed by atoms with E-state index >= 15 is 0 Å². The van der Waals surface area contributed by atoms with Gasteiger partial charge in [-0.2, -0.15) is 5.10 Å². The molecule has 2 aromatic carbocycles. The number of aromatic nitrogens is 2. The Morgan fingerprint density at radius 1 is 0.862 bits per heavy atom. The number of hydroxylamine groups is 2. The van der Waals surface area contributed by atoms with E-state index in [1.807, 2.05) is 0 Å². The Bertz CT molecular complexity index is 1120. The summed E-state index contributed by atoms with van der Waals surface area (Å²) in [4.78, 5) is 54.6. The van der Waals surface area contributed by atoms with Crippen molar-refractivity contribution in [2.45, 2.75) is 0 Å². The SMILES string of the molecule is COC(=O)c1cc(C(=O)ON2C(=O)c3ccccc3C2=O)n(-c2ccccc2)n1. The number of rotatable bonds is 4. The molecule has 0 saturated heterocycles. The third-order valence-corrected chi connectivity index (χ3v) is 4.24. The minimum Gasteiger partial charge on any atom is -0.464 e. The van der Waals surface area contributed by atoms with Gasteiger partial charge in [0.15, 0.2) is 11.4 Å². The average molecular weight is 391 g/mol.